The minimum atomic E-state index is -0.0239. The summed E-state index contributed by atoms with van der Waals surface area (Å²) in [4.78, 5) is 0. The SMILES string of the molecule is CCC1CC(O)C(CC(C)(C)C)C1. The first kappa shape index (κ1) is 11.0. The van der Waals surface area contributed by atoms with Crippen LogP contribution in [0, 0.1) is 17.3 Å². The Morgan fingerprint density at radius 3 is 2.23 bits per heavy atom. The van der Waals surface area contributed by atoms with Crippen LogP contribution in [-0.4, -0.2) is 11.2 Å². The molecule has 1 fully saturated rings. The molecule has 0 bridgehead atoms. The van der Waals surface area contributed by atoms with E-state index in [2.05, 4.69) is 27.7 Å². The van der Waals surface area contributed by atoms with Gasteiger partial charge in [-0.1, -0.05) is 34.1 Å². The Hall–Kier alpha value is -0.0400. The molecule has 0 heterocycles. The fraction of sp³-hybridized carbons (Fsp3) is 1.00. The van der Waals surface area contributed by atoms with Crippen LogP contribution in [0.15, 0.2) is 0 Å². The van der Waals surface area contributed by atoms with Crippen LogP contribution in [0.2, 0.25) is 0 Å². The lowest BCUT2D eigenvalue weighted by atomic mass is 9.83. The number of aliphatic hydroxyl groups excluding tert-OH is 1. The molecule has 1 saturated carbocycles. The Labute approximate surface area is 82.5 Å². The number of hydrogen-bond donors (Lipinski definition) is 1. The summed E-state index contributed by atoms with van der Waals surface area (Å²) in [5, 5.41) is 9.85. The van der Waals surface area contributed by atoms with Gasteiger partial charge in [0.25, 0.3) is 0 Å². The van der Waals surface area contributed by atoms with Crippen molar-refractivity contribution in [2.75, 3.05) is 0 Å². The highest BCUT2D eigenvalue weighted by molar-refractivity contribution is 4.85. The maximum Gasteiger partial charge on any atom is 0.0571 e. The van der Waals surface area contributed by atoms with Gasteiger partial charge in [0.2, 0.25) is 0 Å². The van der Waals surface area contributed by atoms with Crippen molar-refractivity contribution in [1.82, 2.24) is 0 Å². The summed E-state index contributed by atoms with van der Waals surface area (Å²) >= 11 is 0. The van der Waals surface area contributed by atoms with E-state index in [9.17, 15) is 5.11 Å². The molecule has 1 rings (SSSR count). The maximum atomic E-state index is 9.85. The van der Waals surface area contributed by atoms with Crippen molar-refractivity contribution in [2.45, 2.75) is 59.5 Å². The van der Waals surface area contributed by atoms with E-state index in [0.717, 1.165) is 12.3 Å². The van der Waals surface area contributed by atoms with Gasteiger partial charge in [0, 0.05) is 0 Å². The van der Waals surface area contributed by atoms with Gasteiger partial charge < -0.3 is 5.11 Å². The average molecular weight is 184 g/mol. The topological polar surface area (TPSA) is 20.2 Å². The van der Waals surface area contributed by atoms with Gasteiger partial charge in [-0.15, -0.1) is 0 Å². The van der Waals surface area contributed by atoms with Crippen molar-refractivity contribution in [2.24, 2.45) is 17.3 Å². The number of rotatable bonds is 2. The predicted molar refractivity (Wildman–Crippen MR) is 56.6 cm³/mol. The van der Waals surface area contributed by atoms with Crippen LogP contribution in [0.3, 0.4) is 0 Å². The van der Waals surface area contributed by atoms with Gasteiger partial charge in [-0.25, -0.2) is 0 Å². The minimum Gasteiger partial charge on any atom is -0.393 e. The molecule has 1 N–H and O–H groups in total. The highest BCUT2D eigenvalue weighted by Gasteiger charge is 2.34. The van der Waals surface area contributed by atoms with Gasteiger partial charge in [0.05, 0.1) is 6.10 Å². The van der Waals surface area contributed by atoms with Gasteiger partial charge in [0.1, 0.15) is 0 Å². The Morgan fingerprint density at radius 2 is 1.85 bits per heavy atom. The minimum absolute atomic E-state index is 0.0239. The number of aliphatic hydroxyl groups is 1. The standard InChI is InChI=1S/C12H24O/c1-5-9-6-10(11(13)7-9)8-12(2,3)4/h9-11,13H,5-8H2,1-4H3. The lowest BCUT2D eigenvalue weighted by molar-refractivity contribution is 0.105. The highest BCUT2D eigenvalue weighted by Crippen LogP contribution is 2.39. The molecule has 1 aliphatic rings. The largest absolute Gasteiger partial charge is 0.393 e. The molecule has 1 heteroatoms. The quantitative estimate of drug-likeness (QED) is 0.698. The van der Waals surface area contributed by atoms with E-state index in [1.807, 2.05) is 0 Å². The molecule has 0 spiro atoms. The molecule has 13 heavy (non-hydrogen) atoms. The summed E-state index contributed by atoms with van der Waals surface area (Å²) in [5.74, 6) is 1.34. The fourth-order valence-electron chi connectivity index (χ4n) is 2.55. The summed E-state index contributed by atoms with van der Waals surface area (Å²) in [6.45, 7) is 9.02. The third kappa shape index (κ3) is 3.30. The molecule has 0 saturated heterocycles. The van der Waals surface area contributed by atoms with Crippen LogP contribution in [0.5, 0.6) is 0 Å². The fourth-order valence-corrected chi connectivity index (χ4v) is 2.55. The van der Waals surface area contributed by atoms with Crippen LogP contribution in [0.1, 0.15) is 53.4 Å². The Kier molecular flexibility index (Phi) is 3.39. The van der Waals surface area contributed by atoms with E-state index < -0.39 is 0 Å². The normalized spacial score (nSPS) is 35.3. The van der Waals surface area contributed by atoms with E-state index in [-0.39, 0.29) is 6.10 Å². The zero-order chi connectivity index (χ0) is 10.1. The molecule has 0 amide bonds. The van der Waals surface area contributed by atoms with Crippen LogP contribution < -0.4 is 0 Å². The molecule has 0 aromatic heterocycles. The molecule has 1 nitrogen and oxygen atoms in total. The van der Waals surface area contributed by atoms with Crippen molar-refractivity contribution in [3.05, 3.63) is 0 Å². The van der Waals surface area contributed by atoms with Gasteiger partial charge in [-0.3, -0.25) is 0 Å². The van der Waals surface area contributed by atoms with E-state index in [0.29, 0.717) is 11.3 Å². The molecule has 3 unspecified atom stereocenters. The molecule has 0 aromatic carbocycles. The molecule has 0 radical (unpaired) electrons. The van der Waals surface area contributed by atoms with Gasteiger partial charge in [-0.05, 0) is 36.5 Å². The van der Waals surface area contributed by atoms with Crippen molar-refractivity contribution in [1.29, 1.82) is 0 Å². The Balaban J connectivity index is 2.44. The van der Waals surface area contributed by atoms with E-state index >= 15 is 0 Å². The Bertz CT molecular complexity index is 157. The van der Waals surface area contributed by atoms with Gasteiger partial charge in [0.15, 0.2) is 0 Å². The molecular weight excluding hydrogens is 160 g/mol. The van der Waals surface area contributed by atoms with Crippen molar-refractivity contribution >= 4 is 0 Å². The van der Waals surface area contributed by atoms with Gasteiger partial charge in [-0.2, -0.15) is 0 Å². The molecule has 78 valence electrons. The zero-order valence-corrected chi connectivity index (χ0v) is 9.51. The molecule has 0 aromatic rings. The van der Waals surface area contributed by atoms with Crippen LogP contribution in [-0.2, 0) is 0 Å². The van der Waals surface area contributed by atoms with Crippen LogP contribution >= 0.6 is 0 Å². The second kappa shape index (κ2) is 4.00. The third-order valence-corrected chi connectivity index (χ3v) is 3.21. The smallest absolute Gasteiger partial charge is 0.0571 e. The zero-order valence-electron chi connectivity index (χ0n) is 9.51. The summed E-state index contributed by atoms with van der Waals surface area (Å²) in [6.07, 6.45) is 4.67. The molecule has 0 aliphatic heterocycles. The van der Waals surface area contributed by atoms with E-state index in [1.165, 1.54) is 19.3 Å². The second-order valence-corrected chi connectivity index (χ2v) is 5.84. The lowest BCUT2D eigenvalue weighted by Crippen LogP contribution is -2.19. The van der Waals surface area contributed by atoms with Crippen LogP contribution in [0.25, 0.3) is 0 Å². The molecular formula is C12H24O. The van der Waals surface area contributed by atoms with Gasteiger partial charge >= 0.3 is 0 Å². The van der Waals surface area contributed by atoms with Crippen molar-refractivity contribution in [3.8, 4) is 0 Å². The first-order valence-corrected chi connectivity index (χ1v) is 5.60. The first-order chi connectivity index (χ1) is 5.92. The van der Waals surface area contributed by atoms with Crippen molar-refractivity contribution < 1.29 is 5.11 Å². The Morgan fingerprint density at radius 1 is 1.23 bits per heavy atom. The first-order valence-electron chi connectivity index (χ1n) is 5.60. The summed E-state index contributed by atoms with van der Waals surface area (Å²) in [7, 11) is 0. The monoisotopic (exact) mass is 184 g/mol. The lowest BCUT2D eigenvalue weighted by Gasteiger charge is -2.24. The molecule has 1 aliphatic carbocycles. The van der Waals surface area contributed by atoms with Crippen molar-refractivity contribution in [3.63, 3.8) is 0 Å². The number of hydrogen-bond acceptors (Lipinski definition) is 1. The predicted octanol–water partition coefficient (Wildman–Crippen LogP) is 3.22. The maximum absolute atomic E-state index is 9.85. The average Bonchev–Trinajstić information content (AvgIpc) is 2.29. The summed E-state index contributed by atoms with van der Waals surface area (Å²) in [5.41, 5.74) is 0.369. The summed E-state index contributed by atoms with van der Waals surface area (Å²) in [6, 6.07) is 0. The molecule has 3 atom stereocenters. The van der Waals surface area contributed by atoms with E-state index in [4.69, 9.17) is 0 Å². The second-order valence-electron chi connectivity index (χ2n) is 5.84. The van der Waals surface area contributed by atoms with E-state index in [1.54, 1.807) is 0 Å². The summed E-state index contributed by atoms with van der Waals surface area (Å²) < 4.78 is 0. The van der Waals surface area contributed by atoms with Crippen LogP contribution in [0.4, 0.5) is 0 Å². The highest BCUT2D eigenvalue weighted by atomic mass is 16.3. The third-order valence-electron chi connectivity index (χ3n) is 3.21.